The highest BCUT2D eigenvalue weighted by Gasteiger charge is 2.10. The second kappa shape index (κ2) is 8.70. The fraction of sp³-hybridized carbons (Fsp3) is 0.100. The normalized spacial score (nSPS) is 10.4. The highest BCUT2D eigenvalue weighted by atomic mass is 35.5. The monoisotopic (exact) mass is 400 g/mol. The standard InChI is InChI=1S/C20H17ClN2O3S/c21-15-5-1-13(2-6-15)17-9-10-18(27-17)20(26)23-12-11-22-19(25)14-3-7-16(24)8-4-14/h1-10,24H,11-12H2,(H,22,25)(H,23,26). The number of carbonyl (C=O) groups excluding carboxylic acids is 2. The Morgan fingerprint density at radius 1 is 0.852 bits per heavy atom. The van der Waals surface area contributed by atoms with Crippen molar-refractivity contribution in [3.63, 3.8) is 0 Å². The summed E-state index contributed by atoms with van der Waals surface area (Å²) in [4.78, 5) is 25.8. The Bertz CT molecular complexity index is 937. The van der Waals surface area contributed by atoms with E-state index in [2.05, 4.69) is 10.6 Å². The number of hydrogen-bond acceptors (Lipinski definition) is 4. The summed E-state index contributed by atoms with van der Waals surface area (Å²) in [5.41, 5.74) is 1.45. The van der Waals surface area contributed by atoms with Crippen LogP contribution in [0.2, 0.25) is 5.02 Å². The Kier molecular flexibility index (Phi) is 6.11. The van der Waals surface area contributed by atoms with Gasteiger partial charge < -0.3 is 15.7 Å². The molecule has 0 unspecified atom stereocenters. The van der Waals surface area contributed by atoms with E-state index in [-0.39, 0.29) is 17.6 Å². The van der Waals surface area contributed by atoms with E-state index >= 15 is 0 Å². The number of phenolic OH excluding ortho intramolecular Hbond substituents is 1. The van der Waals surface area contributed by atoms with E-state index in [0.29, 0.717) is 28.6 Å². The van der Waals surface area contributed by atoms with E-state index in [0.717, 1.165) is 10.4 Å². The molecular weight excluding hydrogens is 384 g/mol. The summed E-state index contributed by atoms with van der Waals surface area (Å²) in [5.74, 6) is -0.336. The molecule has 0 aliphatic rings. The number of aromatic hydroxyl groups is 1. The van der Waals surface area contributed by atoms with Gasteiger partial charge in [-0.1, -0.05) is 23.7 Å². The fourth-order valence-electron chi connectivity index (χ4n) is 2.38. The predicted molar refractivity (Wildman–Crippen MR) is 108 cm³/mol. The third-order valence-corrected chi connectivity index (χ3v) is 5.17. The Morgan fingerprint density at radius 2 is 1.48 bits per heavy atom. The Labute approximate surface area is 165 Å². The number of nitrogens with one attached hydrogen (secondary N) is 2. The van der Waals surface area contributed by atoms with Gasteiger partial charge in [0, 0.05) is 28.6 Å². The lowest BCUT2D eigenvalue weighted by Gasteiger charge is -2.06. The molecule has 0 saturated carbocycles. The molecule has 27 heavy (non-hydrogen) atoms. The van der Waals surface area contributed by atoms with Crippen LogP contribution in [0.4, 0.5) is 0 Å². The number of hydrogen-bond donors (Lipinski definition) is 3. The highest BCUT2D eigenvalue weighted by molar-refractivity contribution is 7.17. The zero-order valence-corrected chi connectivity index (χ0v) is 15.8. The largest absolute Gasteiger partial charge is 0.508 e. The second-order valence-electron chi connectivity index (χ2n) is 5.73. The number of halogens is 1. The van der Waals surface area contributed by atoms with Crippen molar-refractivity contribution >= 4 is 34.8 Å². The van der Waals surface area contributed by atoms with E-state index < -0.39 is 0 Å². The van der Waals surface area contributed by atoms with Crippen molar-refractivity contribution in [1.82, 2.24) is 10.6 Å². The van der Waals surface area contributed by atoms with E-state index in [4.69, 9.17) is 11.6 Å². The molecular formula is C20H17ClN2O3S. The van der Waals surface area contributed by atoms with Crippen LogP contribution in [0, 0.1) is 0 Å². The average Bonchev–Trinajstić information content (AvgIpc) is 3.16. The first-order valence-electron chi connectivity index (χ1n) is 8.24. The third kappa shape index (κ3) is 5.09. The summed E-state index contributed by atoms with van der Waals surface area (Å²) < 4.78 is 0. The van der Waals surface area contributed by atoms with Crippen molar-refractivity contribution in [3.05, 3.63) is 76.1 Å². The first-order valence-corrected chi connectivity index (χ1v) is 9.43. The predicted octanol–water partition coefficient (Wildman–Crippen LogP) is 3.93. The van der Waals surface area contributed by atoms with Crippen LogP contribution in [-0.4, -0.2) is 30.0 Å². The second-order valence-corrected chi connectivity index (χ2v) is 7.25. The molecule has 2 amide bonds. The molecule has 1 heterocycles. The van der Waals surface area contributed by atoms with Crippen LogP contribution in [-0.2, 0) is 0 Å². The van der Waals surface area contributed by atoms with Crippen LogP contribution < -0.4 is 10.6 Å². The van der Waals surface area contributed by atoms with Crippen LogP contribution in [0.5, 0.6) is 5.75 Å². The summed E-state index contributed by atoms with van der Waals surface area (Å²) in [6, 6.07) is 17.1. The van der Waals surface area contributed by atoms with Crippen molar-refractivity contribution in [3.8, 4) is 16.2 Å². The molecule has 3 N–H and O–H groups in total. The van der Waals surface area contributed by atoms with Crippen molar-refractivity contribution in [2.45, 2.75) is 0 Å². The number of carbonyl (C=O) groups is 2. The SMILES string of the molecule is O=C(NCCNC(=O)c1ccc(-c2ccc(Cl)cc2)s1)c1ccc(O)cc1. The maximum atomic E-state index is 12.2. The molecule has 0 atom stereocenters. The van der Waals surface area contributed by atoms with E-state index in [1.165, 1.54) is 35.6 Å². The fourth-order valence-corrected chi connectivity index (χ4v) is 3.44. The van der Waals surface area contributed by atoms with Gasteiger partial charge in [-0.3, -0.25) is 9.59 Å². The summed E-state index contributed by atoms with van der Waals surface area (Å²) in [6.45, 7) is 0.623. The van der Waals surface area contributed by atoms with Crippen LogP contribution in [0.25, 0.3) is 10.4 Å². The molecule has 0 fully saturated rings. The molecule has 2 aromatic carbocycles. The molecule has 0 aliphatic carbocycles. The van der Waals surface area contributed by atoms with Crippen LogP contribution >= 0.6 is 22.9 Å². The topological polar surface area (TPSA) is 78.4 Å². The van der Waals surface area contributed by atoms with Gasteiger partial charge in [-0.2, -0.15) is 0 Å². The van der Waals surface area contributed by atoms with E-state index in [1.807, 2.05) is 30.3 Å². The number of amides is 2. The summed E-state index contributed by atoms with van der Waals surface area (Å²) in [6.07, 6.45) is 0. The molecule has 7 heteroatoms. The lowest BCUT2D eigenvalue weighted by Crippen LogP contribution is -2.34. The molecule has 0 saturated heterocycles. The minimum absolute atomic E-state index is 0.104. The Morgan fingerprint density at radius 3 is 2.15 bits per heavy atom. The maximum absolute atomic E-state index is 12.2. The van der Waals surface area contributed by atoms with Gasteiger partial charge in [-0.05, 0) is 54.1 Å². The van der Waals surface area contributed by atoms with Crippen molar-refractivity contribution < 1.29 is 14.7 Å². The lowest BCUT2D eigenvalue weighted by molar-refractivity contribution is 0.0929. The number of phenols is 1. The zero-order valence-electron chi connectivity index (χ0n) is 14.2. The van der Waals surface area contributed by atoms with Gasteiger partial charge in [0.15, 0.2) is 0 Å². The smallest absolute Gasteiger partial charge is 0.261 e. The van der Waals surface area contributed by atoms with E-state index in [1.54, 1.807) is 6.07 Å². The molecule has 1 aromatic heterocycles. The summed E-state index contributed by atoms with van der Waals surface area (Å²) in [5, 5.41) is 15.4. The van der Waals surface area contributed by atoms with Crippen LogP contribution in [0.3, 0.4) is 0 Å². The minimum Gasteiger partial charge on any atom is -0.508 e. The minimum atomic E-state index is -0.259. The molecule has 5 nitrogen and oxygen atoms in total. The highest BCUT2D eigenvalue weighted by Crippen LogP contribution is 2.28. The van der Waals surface area contributed by atoms with Gasteiger partial charge in [0.05, 0.1) is 4.88 Å². The summed E-state index contributed by atoms with van der Waals surface area (Å²) in [7, 11) is 0. The van der Waals surface area contributed by atoms with Gasteiger partial charge in [0.2, 0.25) is 0 Å². The molecule has 3 rings (SSSR count). The summed E-state index contributed by atoms with van der Waals surface area (Å²) >= 11 is 7.29. The first kappa shape index (κ1) is 18.9. The van der Waals surface area contributed by atoms with Crippen molar-refractivity contribution in [1.29, 1.82) is 0 Å². The van der Waals surface area contributed by atoms with Crippen LogP contribution in [0.15, 0.2) is 60.7 Å². The third-order valence-electron chi connectivity index (χ3n) is 3.78. The molecule has 138 valence electrons. The van der Waals surface area contributed by atoms with Crippen LogP contribution in [0.1, 0.15) is 20.0 Å². The zero-order chi connectivity index (χ0) is 19.2. The number of rotatable bonds is 6. The van der Waals surface area contributed by atoms with Gasteiger partial charge in [0.25, 0.3) is 11.8 Å². The molecule has 0 bridgehead atoms. The van der Waals surface area contributed by atoms with Crippen molar-refractivity contribution in [2.24, 2.45) is 0 Å². The molecule has 0 aliphatic heterocycles. The number of thiophene rings is 1. The first-order chi connectivity index (χ1) is 13.0. The lowest BCUT2D eigenvalue weighted by atomic mass is 10.2. The van der Waals surface area contributed by atoms with Gasteiger partial charge in [-0.15, -0.1) is 11.3 Å². The quantitative estimate of drug-likeness (QED) is 0.548. The number of benzene rings is 2. The Balaban J connectivity index is 1.47. The molecule has 0 spiro atoms. The van der Waals surface area contributed by atoms with Gasteiger partial charge in [-0.25, -0.2) is 0 Å². The molecule has 0 radical (unpaired) electrons. The maximum Gasteiger partial charge on any atom is 0.261 e. The molecule has 3 aromatic rings. The average molecular weight is 401 g/mol. The van der Waals surface area contributed by atoms with Gasteiger partial charge in [0.1, 0.15) is 5.75 Å². The Hall–Kier alpha value is -2.83. The van der Waals surface area contributed by atoms with Crippen molar-refractivity contribution in [2.75, 3.05) is 13.1 Å². The van der Waals surface area contributed by atoms with Gasteiger partial charge >= 0.3 is 0 Å². The van der Waals surface area contributed by atoms with E-state index in [9.17, 15) is 14.7 Å².